The van der Waals surface area contributed by atoms with Crippen molar-refractivity contribution in [1.29, 1.82) is 0 Å². The number of fused-ring (bicyclic) bond motifs is 1. The number of nitrogens with one attached hydrogen (secondary N) is 1. The average molecular weight is 624 g/mol. The molecule has 3 fully saturated rings. The molecule has 3 aliphatic heterocycles. The minimum absolute atomic E-state index is 0.0503. The van der Waals surface area contributed by atoms with Crippen LogP contribution in [0.15, 0.2) is 28.5 Å². The molecule has 0 radical (unpaired) electrons. The maximum atomic E-state index is 13.4. The number of likely N-dealkylation sites (N-methyl/N-ethyl adjacent to an activating group) is 1. The van der Waals surface area contributed by atoms with Gasteiger partial charge < -0.3 is 14.7 Å². The number of halogens is 1. The average Bonchev–Trinajstić information content (AvgIpc) is 3.70. The summed E-state index contributed by atoms with van der Waals surface area (Å²) in [5.74, 6) is -0.311. The summed E-state index contributed by atoms with van der Waals surface area (Å²) in [4.78, 5) is 46.4. The fourth-order valence-electron chi connectivity index (χ4n) is 6.23. The third kappa shape index (κ3) is 6.72. The van der Waals surface area contributed by atoms with E-state index >= 15 is 0 Å². The predicted octanol–water partition coefficient (Wildman–Crippen LogP) is 2.76. The third-order valence-corrected chi connectivity index (χ3v) is 11.8. The van der Waals surface area contributed by atoms with Crippen molar-refractivity contribution in [2.45, 2.75) is 67.8 Å². The Kier molecular flexibility index (Phi) is 9.25. The number of thiophene rings is 1. The van der Waals surface area contributed by atoms with Crippen molar-refractivity contribution >= 4 is 60.8 Å². The summed E-state index contributed by atoms with van der Waals surface area (Å²) in [5.41, 5.74) is 0. The van der Waals surface area contributed by atoms with Gasteiger partial charge in [0.25, 0.3) is 10.0 Å². The van der Waals surface area contributed by atoms with Crippen molar-refractivity contribution in [3.63, 3.8) is 0 Å². The molecule has 3 aliphatic rings. The molecule has 3 amide bonds. The molecule has 2 aromatic rings. The quantitative estimate of drug-likeness (QED) is 0.460. The van der Waals surface area contributed by atoms with Gasteiger partial charge in [0.15, 0.2) is 0 Å². The lowest BCUT2D eigenvalue weighted by Gasteiger charge is -2.35. The number of rotatable bonds is 9. The SMILES string of the molecule is CCC(=O)N(C)C1CCN(C[C@@H]2CCCN2C(=O)CN2CCC[C@H](NS(=O)(=O)c3cc4cc(Cl)ccc4s3)C2=O)C1. The first-order valence-corrected chi connectivity index (χ1v) is 17.0. The van der Waals surface area contributed by atoms with E-state index in [1.54, 1.807) is 24.3 Å². The first-order valence-electron chi connectivity index (χ1n) is 14.3. The largest absolute Gasteiger partial charge is 0.341 e. The Balaban J connectivity index is 1.17. The lowest BCUT2D eigenvalue weighted by Crippen LogP contribution is -2.55. The van der Waals surface area contributed by atoms with Crippen molar-refractivity contribution in [2.24, 2.45) is 0 Å². The number of hydrogen-bond acceptors (Lipinski definition) is 7. The molecule has 1 unspecified atom stereocenters. The normalized spacial score (nSPS) is 24.0. The summed E-state index contributed by atoms with van der Waals surface area (Å²) in [7, 11) is -2.05. The number of carbonyl (C=O) groups excluding carboxylic acids is 3. The summed E-state index contributed by atoms with van der Waals surface area (Å²) < 4.78 is 29.8. The lowest BCUT2D eigenvalue weighted by atomic mass is 10.1. The van der Waals surface area contributed by atoms with Crippen LogP contribution in [0.25, 0.3) is 10.1 Å². The predicted molar refractivity (Wildman–Crippen MR) is 159 cm³/mol. The Hall–Kier alpha value is -2.25. The third-order valence-electron chi connectivity index (χ3n) is 8.53. The molecule has 41 heavy (non-hydrogen) atoms. The van der Waals surface area contributed by atoms with Gasteiger partial charge in [0.05, 0.1) is 6.54 Å². The number of carbonyl (C=O) groups is 3. The van der Waals surface area contributed by atoms with Gasteiger partial charge in [-0.2, -0.15) is 4.72 Å². The van der Waals surface area contributed by atoms with Crippen LogP contribution in [-0.2, 0) is 24.4 Å². The van der Waals surface area contributed by atoms with Gasteiger partial charge in [-0.25, -0.2) is 8.42 Å². The molecule has 3 saturated heterocycles. The Morgan fingerprint density at radius 3 is 2.68 bits per heavy atom. The highest BCUT2D eigenvalue weighted by Crippen LogP contribution is 2.31. The zero-order valence-electron chi connectivity index (χ0n) is 23.6. The molecule has 1 N–H and O–H groups in total. The monoisotopic (exact) mass is 623 g/mol. The van der Waals surface area contributed by atoms with Gasteiger partial charge in [0.1, 0.15) is 10.3 Å². The van der Waals surface area contributed by atoms with Gasteiger partial charge in [-0.05, 0) is 61.8 Å². The van der Waals surface area contributed by atoms with E-state index in [4.69, 9.17) is 11.6 Å². The van der Waals surface area contributed by atoms with Crippen LogP contribution in [-0.4, -0.2) is 110 Å². The molecular weight excluding hydrogens is 586 g/mol. The zero-order chi connectivity index (χ0) is 29.3. The molecule has 3 atom stereocenters. The van der Waals surface area contributed by atoms with Crippen LogP contribution in [0.2, 0.25) is 5.02 Å². The fraction of sp³-hybridized carbons (Fsp3) is 0.607. The van der Waals surface area contributed by atoms with Crippen LogP contribution >= 0.6 is 22.9 Å². The number of likely N-dealkylation sites (tertiary alicyclic amines) is 3. The highest BCUT2D eigenvalue weighted by molar-refractivity contribution is 7.91. The van der Waals surface area contributed by atoms with E-state index in [1.807, 2.05) is 23.8 Å². The molecule has 0 bridgehead atoms. The van der Waals surface area contributed by atoms with Crippen LogP contribution in [0.3, 0.4) is 0 Å². The second kappa shape index (κ2) is 12.5. The van der Waals surface area contributed by atoms with Crippen LogP contribution in [0.4, 0.5) is 0 Å². The minimum Gasteiger partial charge on any atom is -0.341 e. The van der Waals surface area contributed by atoms with Crippen LogP contribution in [0.1, 0.15) is 45.4 Å². The van der Waals surface area contributed by atoms with Crippen molar-refractivity contribution < 1.29 is 22.8 Å². The molecule has 13 heteroatoms. The zero-order valence-corrected chi connectivity index (χ0v) is 25.9. The molecule has 1 aromatic heterocycles. The van der Waals surface area contributed by atoms with E-state index < -0.39 is 16.1 Å². The Morgan fingerprint density at radius 2 is 1.90 bits per heavy atom. The number of amides is 3. The molecule has 0 saturated carbocycles. The Morgan fingerprint density at radius 1 is 1.12 bits per heavy atom. The summed E-state index contributed by atoms with van der Waals surface area (Å²) in [5, 5.41) is 1.26. The van der Waals surface area contributed by atoms with Crippen molar-refractivity contribution in [3.8, 4) is 0 Å². The van der Waals surface area contributed by atoms with E-state index in [-0.39, 0.29) is 40.6 Å². The smallest absolute Gasteiger partial charge is 0.250 e. The standard InChI is InChI=1S/C28H38ClN5O5S2/c1-3-25(35)31(2)21-10-13-32(16-21)17-22-6-4-12-34(22)26(36)18-33-11-5-7-23(28(33)37)30-41(38,39)27-15-19-14-20(29)8-9-24(19)40-27/h8-9,14-15,21-23,30H,3-7,10-13,16-18H2,1-2H3/t21?,22-,23-/m0/s1. The molecule has 5 rings (SSSR count). The summed E-state index contributed by atoms with van der Waals surface area (Å²) in [6.45, 7) is 5.36. The number of nitrogens with zero attached hydrogens (tertiary/aromatic N) is 4. The maximum Gasteiger partial charge on any atom is 0.250 e. The van der Waals surface area contributed by atoms with Gasteiger partial charge in [-0.15, -0.1) is 11.3 Å². The molecule has 224 valence electrons. The van der Waals surface area contributed by atoms with Gasteiger partial charge >= 0.3 is 0 Å². The van der Waals surface area contributed by atoms with Gasteiger partial charge in [0.2, 0.25) is 17.7 Å². The van der Waals surface area contributed by atoms with Crippen LogP contribution in [0, 0.1) is 0 Å². The summed E-state index contributed by atoms with van der Waals surface area (Å²) in [6, 6.07) is 6.14. The summed E-state index contributed by atoms with van der Waals surface area (Å²) in [6.07, 6.45) is 4.24. The second-order valence-electron chi connectivity index (χ2n) is 11.3. The Labute approximate surface area is 250 Å². The highest BCUT2D eigenvalue weighted by atomic mass is 35.5. The van der Waals surface area contributed by atoms with E-state index in [0.717, 1.165) is 60.3 Å². The van der Waals surface area contributed by atoms with Crippen LogP contribution < -0.4 is 4.72 Å². The van der Waals surface area contributed by atoms with Crippen molar-refractivity contribution in [3.05, 3.63) is 29.3 Å². The number of hydrogen-bond donors (Lipinski definition) is 1. The van der Waals surface area contributed by atoms with Crippen LogP contribution in [0.5, 0.6) is 0 Å². The van der Waals surface area contributed by atoms with Gasteiger partial charge in [-0.3, -0.25) is 19.3 Å². The second-order valence-corrected chi connectivity index (χ2v) is 14.7. The van der Waals surface area contributed by atoms with Crippen molar-refractivity contribution in [1.82, 2.24) is 24.3 Å². The fourth-order valence-corrected chi connectivity index (χ4v) is 9.03. The number of piperidine rings is 1. The first-order chi connectivity index (χ1) is 19.6. The maximum absolute atomic E-state index is 13.4. The summed E-state index contributed by atoms with van der Waals surface area (Å²) >= 11 is 7.18. The molecule has 4 heterocycles. The van der Waals surface area contributed by atoms with E-state index in [2.05, 4.69) is 9.62 Å². The topological polar surface area (TPSA) is 110 Å². The van der Waals surface area contributed by atoms with E-state index in [0.29, 0.717) is 37.4 Å². The van der Waals surface area contributed by atoms with E-state index in [1.165, 1.54) is 4.90 Å². The minimum atomic E-state index is -3.92. The van der Waals surface area contributed by atoms with Gasteiger partial charge in [-0.1, -0.05) is 18.5 Å². The van der Waals surface area contributed by atoms with E-state index in [9.17, 15) is 22.8 Å². The number of sulfonamides is 1. The van der Waals surface area contributed by atoms with Crippen molar-refractivity contribution in [2.75, 3.05) is 46.3 Å². The molecular formula is C28H38ClN5O5S2. The highest BCUT2D eigenvalue weighted by Gasteiger charge is 2.37. The first kappa shape index (κ1) is 30.2. The molecule has 0 aliphatic carbocycles. The molecule has 1 aromatic carbocycles. The molecule has 0 spiro atoms. The Bertz CT molecular complexity index is 1420. The molecule has 10 nitrogen and oxygen atoms in total. The number of benzene rings is 1. The lowest BCUT2D eigenvalue weighted by molar-refractivity contribution is -0.143. The van der Waals surface area contributed by atoms with Gasteiger partial charge in [0, 0.05) is 68.0 Å².